The quantitative estimate of drug-likeness (QED) is 0.802. The van der Waals surface area contributed by atoms with Gasteiger partial charge in [-0.1, -0.05) is 0 Å². The van der Waals surface area contributed by atoms with Gasteiger partial charge in [-0.2, -0.15) is 0 Å². The van der Waals surface area contributed by atoms with Crippen molar-refractivity contribution in [3.05, 3.63) is 26.6 Å². The van der Waals surface area contributed by atoms with Gasteiger partial charge in [0.25, 0.3) is 0 Å². The summed E-state index contributed by atoms with van der Waals surface area (Å²) in [7, 11) is 0. The molecule has 0 bridgehead atoms. The predicted octanol–water partition coefficient (Wildman–Crippen LogP) is 2.35. The minimum absolute atomic E-state index is 0.124. The molecular weight excluding hydrogens is 354 g/mol. The molecule has 17 heavy (non-hydrogen) atoms. The lowest BCUT2D eigenvalue weighted by Gasteiger charge is -2.11. The van der Waals surface area contributed by atoms with Crippen LogP contribution in [0.25, 0.3) is 0 Å². The Bertz CT molecular complexity index is 400. The van der Waals surface area contributed by atoms with Crippen molar-refractivity contribution in [3.63, 3.8) is 0 Å². The largest absolute Gasteiger partial charge is 0.506 e. The Labute approximate surface area is 116 Å². The smallest absolute Gasteiger partial charge is 0.323 e. The van der Waals surface area contributed by atoms with E-state index < -0.39 is 12.0 Å². The number of hydrogen-bond donors (Lipinski definition) is 2. The third kappa shape index (κ3) is 3.97. The molecule has 0 spiro atoms. The summed E-state index contributed by atoms with van der Waals surface area (Å²) in [4.78, 5) is 11.4. The topological polar surface area (TPSA) is 72.5 Å². The Morgan fingerprint density at radius 1 is 1.47 bits per heavy atom. The highest BCUT2D eigenvalue weighted by molar-refractivity contribution is 9.11. The van der Waals surface area contributed by atoms with Gasteiger partial charge in [0.15, 0.2) is 0 Å². The number of carbonyl (C=O) groups is 1. The zero-order valence-corrected chi connectivity index (χ0v) is 12.4. The van der Waals surface area contributed by atoms with E-state index in [4.69, 9.17) is 10.5 Å². The molecule has 0 saturated heterocycles. The van der Waals surface area contributed by atoms with Crippen LogP contribution in [-0.4, -0.2) is 23.7 Å². The molecule has 3 N–H and O–H groups in total. The highest BCUT2D eigenvalue weighted by atomic mass is 79.9. The maximum Gasteiger partial charge on any atom is 0.323 e. The zero-order chi connectivity index (χ0) is 13.0. The highest BCUT2D eigenvalue weighted by Gasteiger charge is 2.16. The number of esters is 1. The van der Waals surface area contributed by atoms with E-state index in [1.165, 1.54) is 0 Å². The number of phenolic OH excluding ortho intramolecular Hbond substituents is 1. The fraction of sp³-hybridized carbons (Fsp3) is 0.364. The van der Waals surface area contributed by atoms with Crippen molar-refractivity contribution in [1.29, 1.82) is 0 Å². The number of benzene rings is 1. The van der Waals surface area contributed by atoms with E-state index >= 15 is 0 Å². The zero-order valence-electron chi connectivity index (χ0n) is 9.24. The van der Waals surface area contributed by atoms with Gasteiger partial charge in [0, 0.05) is 0 Å². The summed E-state index contributed by atoms with van der Waals surface area (Å²) >= 11 is 6.44. The molecule has 0 saturated carbocycles. The Hall–Kier alpha value is -0.590. The molecule has 1 aromatic rings. The van der Waals surface area contributed by atoms with Crippen LogP contribution in [0.4, 0.5) is 0 Å². The molecule has 1 atom stereocenters. The van der Waals surface area contributed by atoms with Gasteiger partial charge >= 0.3 is 5.97 Å². The molecule has 0 fully saturated rings. The van der Waals surface area contributed by atoms with Crippen LogP contribution in [0.2, 0.25) is 0 Å². The molecule has 0 radical (unpaired) electrons. The lowest BCUT2D eigenvalue weighted by Crippen LogP contribution is -2.34. The normalized spacial score (nSPS) is 12.2. The van der Waals surface area contributed by atoms with Crippen molar-refractivity contribution < 1.29 is 14.6 Å². The number of hydrogen-bond acceptors (Lipinski definition) is 4. The van der Waals surface area contributed by atoms with Crippen LogP contribution in [0.3, 0.4) is 0 Å². The monoisotopic (exact) mass is 365 g/mol. The summed E-state index contributed by atoms with van der Waals surface area (Å²) in [5, 5.41) is 9.54. The van der Waals surface area contributed by atoms with Gasteiger partial charge in [-0.25, -0.2) is 0 Å². The van der Waals surface area contributed by atoms with E-state index in [-0.39, 0.29) is 5.75 Å². The molecule has 0 unspecified atom stereocenters. The van der Waals surface area contributed by atoms with Gasteiger partial charge in [-0.05, 0) is 62.9 Å². The van der Waals surface area contributed by atoms with Gasteiger partial charge in [0.2, 0.25) is 0 Å². The van der Waals surface area contributed by atoms with Gasteiger partial charge in [-0.3, -0.25) is 4.79 Å². The third-order valence-corrected chi connectivity index (χ3v) is 3.33. The molecule has 1 rings (SSSR count). The second kappa shape index (κ2) is 6.37. The fourth-order valence-corrected chi connectivity index (χ4v) is 2.60. The van der Waals surface area contributed by atoms with Gasteiger partial charge in [0.05, 0.1) is 15.6 Å². The first-order chi connectivity index (χ1) is 7.95. The van der Waals surface area contributed by atoms with Crippen molar-refractivity contribution in [1.82, 2.24) is 0 Å². The molecule has 94 valence electrons. The molecule has 4 nitrogen and oxygen atoms in total. The average molecular weight is 367 g/mol. The third-order valence-electron chi connectivity index (χ3n) is 2.12. The summed E-state index contributed by atoms with van der Waals surface area (Å²) in [6.07, 6.45) is 0.357. The summed E-state index contributed by atoms with van der Waals surface area (Å²) in [5.41, 5.74) is 6.54. The SMILES string of the molecule is CCOC(=O)[C@@H](N)Cc1cc(Br)c(O)c(Br)c1. The maximum absolute atomic E-state index is 11.4. The van der Waals surface area contributed by atoms with Crippen molar-refractivity contribution in [2.45, 2.75) is 19.4 Å². The van der Waals surface area contributed by atoms with E-state index in [2.05, 4.69) is 31.9 Å². The maximum atomic E-state index is 11.4. The molecule has 0 aromatic heterocycles. The number of rotatable bonds is 4. The lowest BCUT2D eigenvalue weighted by atomic mass is 10.1. The van der Waals surface area contributed by atoms with Gasteiger partial charge < -0.3 is 15.6 Å². The summed E-state index contributed by atoms with van der Waals surface area (Å²) in [6, 6.07) is 2.75. The average Bonchev–Trinajstić information content (AvgIpc) is 2.26. The Morgan fingerprint density at radius 3 is 2.47 bits per heavy atom. The fourth-order valence-electron chi connectivity index (χ4n) is 1.32. The predicted molar refractivity (Wildman–Crippen MR) is 71.8 cm³/mol. The minimum atomic E-state index is -0.696. The summed E-state index contributed by atoms with van der Waals surface area (Å²) in [6.45, 7) is 2.05. The van der Waals surface area contributed by atoms with Crippen molar-refractivity contribution in [2.24, 2.45) is 5.73 Å². The number of phenols is 1. The molecule has 0 amide bonds. The first-order valence-electron chi connectivity index (χ1n) is 5.04. The van der Waals surface area contributed by atoms with Crippen LogP contribution in [0, 0.1) is 0 Å². The van der Waals surface area contributed by atoms with Crippen molar-refractivity contribution in [3.8, 4) is 5.75 Å². The number of halogens is 2. The molecule has 0 aliphatic rings. The molecule has 0 aliphatic heterocycles. The molecule has 6 heteroatoms. The van der Waals surface area contributed by atoms with Crippen LogP contribution in [0.5, 0.6) is 5.75 Å². The number of ether oxygens (including phenoxy) is 1. The highest BCUT2D eigenvalue weighted by Crippen LogP contribution is 2.33. The molecular formula is C11H13Br2NO3. The summed E-state index contributed by atoms with van der Waals surface area (Å²) in [5.74, 6) is -0.300. The second-order valence-corrected chi connectivity index (χ2v) is 5.18. The summed E-state index contributed by atoms with van der Waals surface area (Å²) < 4.78 is 5.93. The standard InChI is InChI=1S/C11H13Br2NO3/c1-2-17-11(16)9(14)5-6-3-7(12)10(15)8(13)4-6/h3-4,9,15H,2,5,14H2,1H3/t9-/m0/s1. The first kappa shape index (κ1) is 14.5. The second-order valence-electron chi connectivity index (χ2n) is 3.47. The van der Waals surface area contributed by atoms with Crippen LogP contribution in [-0.2, 0) is 16.0 Å². The molecule has 0 aliphatic carbocycles. The van der Waals surface area contributed by atoms with Crippen LogP contribution < -0.4 is 5.73 Å². The van der Waals surface area contributed by atoms with E-state index in [1.807, 2.05) is 0 Å². The van der Waals surface area contributed by atoms with Crippen molar-refractivity contribution >= 4 is 37.8 Å². The molecule has 0 heterocycles. The Morgan fingerprint density at radius 2 is 2.00 bits per heavy atom. The lowest BCUT2D eigenvalue weighted by molar-refractivity contribution is -0.144. The first-order valence-corrected chi connectivity index (χ1v) is 6.63. The van der Waals surface area contributed by atoms with Crippen molar-refractivity contribution in [2.75, 3.05) is 6.61 Å². The van der Waals surface area contributed by atoms with Crippen LogP contribution in [0.1, 0.15) is 12.5 Å². The van der Waals surface area contributed by atoms with Gasteiger partial charge in [0.1, 0.15) is 11.8 Å². The number of nitrogens with two attached hydrogens (primary N) is 1. The number of aromatic hydroxyl groups is 1. The van der Waals surface area contributed by atoms with E-state index in [0.717, 1.165) is 5.56 Å². The van der Waals surface area contributed by atoms with E-state index in [9.17, 15) is 9.90 Å². The Kier molecular flexibility index (Phi) is 5.42. The molecule has 1 aromatic carbocycles. The van der Waals surface area contributed by atoms with Crippen LogP contribution >= 0.6 is 31.9 Å². The Balaban J connectivity index is 2.78. The van der Waals surface area contributed by atoms with Crippen LogP contribution in [0.15, 0.2) is 21.1 Å². The van der Waals surface area contributed by atoms with E-state index in [1.54, 1.807) is 19.1 Å². The van der Waals surface area contributed by atoms with E-state index in [0.29, 0.717) is 22.0 Å². The number of carbonyl (C=O) groups excluding carboxylic acids is 1. The minimum Gasteiger partial charge on any atom is -0.506 e. The van der Waals surface area contributed by atoms with Gasteiger partial charge in [-0.15, -0.1) is 0 Å².